The van der Waals surface area contributed by atoms with Crippen LogP contribution in [0.25, 0.3) is 0 Å². The summed E-state index contributed by atoms with van der Waals surface area (Å²) in [6, 6.07) is 3.65. The van der Waals surface area contributed by atoms with Gasteiger partial charge in [0.05, 0.1) is 11.0 Å². The monoisotopic (exact) mass is 289 g/mol. The van der Waals surface area contributed by atoms with Crippen molar-refractivity contribution in [2.75, 3.05) is 6.54 Å². The maximum absolute atomic E-state index is 13.1. The summed E-state index contributed by atoms with van der Waals surface area (Å²) in [5.74, 6) is -0.355. The molecule has 1 atom stereocenters. The number of hydrogen-bond acceptors (Lipinski definition) is 3. The predicted molar refractivity (Wildman–Crippen MR) is 71.8 cm³/mol. The minimum absolute atomic E-state index is 0.0328. The molecule has 4 nitrogen and oxygen atoms in total. The zero-order valence-electron chi connectivity index (χ0n) is 11.4. The van der Waals surface area contributed by atoms with E-state index >= 15 is 0 Å². The summed E-state index contributed by atoms with van der Waals surface area (Å²) >= 11 is 0. The highest BCUT2D eigenvalue weighted by Gasteiger charge is 2.16. The summed E-state index contributed by atoms with van der Waals surface area (Å²) in [5, 5.41) is 9.59. The average Bonchev–Trinajstić information content (AvgIpc) is 2.32. The van der Waals surface area contributed by atoms with Gasteiger partial charge in [0.25, 0.3) is 0 Å². The maximum Gasteiger partial charge on any atom is 0.240 e. The normalized spacial score (nSPS) is 13.8. The largest absolute Gasteiger partial charge is 0.393 e. The first-order chi connectivity index (χ1) is 8.74. The van der Waals surface area contributed by atoms with Gasteiger partial charge in [-0.1, -0.05) is 13.8 Å². The quantitative estimate of drug-likeness (QED) is 0.839. The summed E-state index contributed by atoms with van der Waals surface area (Å²) in [7, 11) is -3.65. The minimum atomic E-state index is -3.65. The van der Waals surface area contributed by atoms with Crippen LogP contribution in [0.5, 0.6) is 0 Å². The van der Waals surface area contributed by atoms with Crippen LogP contribution in [0, 0.1) is 18.7 Å². The smallest absolute Gasteiger partial charge is 0.240 e. The lowest BCUT2D eigenvalue weighted by Crippen LogP contribution is -2.28. The van der Waals surface area contributed by atoms with E-state index in [9.17, 15) is 17.9 Å². The lowest BCUT2D eigenvalue weighted by molar-refractivity contribution is 0.118. The van der Waals surface area contributed by atoms with E-state index in [0.29, 0.717) is 6.42 Å². The van der Waals surface area contributed by atoms with Crippen LogP contribution in [-0.4, -0.2) is 26.2 Å². The van der Waals surface area contributed by atoms with Crippen LogP contribution in [0.4, 0.5) is 4.39 Å². The molecule has 1 unspecified atom stereocenters. The Kier molecular flexibility index (Phi) is 5.46. The van der Waals surface area contributed by atoms with Crippen LogP contribution in [0.3, 0.4) is 0 Å². The summed E-state index contributed by atoms with van der Waals surface area (Å²) < 4.78 is 39.3. The highest BCUT2D eigenvalue weighted by atomic mass is 32.2. The topological polar surface area (TPSA) is 66.4 Å². The first kappa shape index (κ1) is 16.1. The number of benzene rings is 1. The number of nitrogens with one attached hydrogen (secondary N) is 1. The van der Waals surface area contributed by atoms with Crippen LogP contribution in [-0.2, 0) is 10.0 Å². The van der Waals surface area contributed by atoms with E-state index < -0.39 is 21.9 Å². The predicted octanol–water partition coefficient (Wildman–Crippen LogP) is 1.82. The fourth-order valence-electron chi connectivity index (χ4n) is 1.54. The van der Waals surface area contributed by atoms with Crippen molar-refractivity contribution in [2.45, 2.75) is 38.2 Å². The molecule has 19 heavy (non-hydrogen) atoms. The Hall–Kier alpha value is -0.980. The second kappa shape index (κ2) is 6.45. The molecule has 1 rings (SSSR count). The van der Waals surface area contributed by atoms with E-state index in [0.717, 1.165) is 6.07 Å². The van der Waals surface area contributed by atoms with Crippen molar-refractivity contribution in [1.29, 1.82) is 0 Å². The van der Waals surface area contributed by atoms with E-state index in [1.54, 1.807) is 0 Å². The minimum Gasteiger partial charge on any atom is -0.393 e. The number of hydrogen-bond donors (Lipinski definition) is 2. The molecule has 0 spiro atoms. The summed E-state index contributed by atoms with van der Waals surface area (Å²) in [6.45, 7) is 5.39. The molecule has 0 radical (unpaired) electrons. The number of aliphatic hydroxyl groups excluding tert-OH is 1. The van der Waals surface area contributed by atoms with Crippen molar-refractivity contribution < 1.29 is 17.9 Å². The third-order valence-electron chi connectivity index (χ3n) is 2.94. The van der Waals surface area contributed by atoms with Gasteiger partial charge in [-0.15, -0.1) is 0 Å². The van der Waals surface area contributed by atoms with Gasteiger partial charge in [-0.2, -0.15) is 0 Å². The molecule has 108 valence electrons. The lowest BCUT2D eigenvalue weighted by Gasteiger charge is -2.14. The highest BCUT2D eigenvalue weighted by Crippen LogP contribution is 2.14. The first-order valence-electron chi connectivity index (χ1n) is 6.18. The molecule has 0 aliphatic rings. The highest BCUT2D eigenvalue weighted by molar-refractivity contribution is 7.89. The molecular formula is C13H20FNO3S. The van der Waals surface area contributed by atoms with Crippen molar-refractivity contribution in [3.8, 4) is 0 Å². The Morgan fingerprint density at radius 2 is 2.00 bits per heavy atom. The molecule has 1 aromatic carbocycles. The van der Waals surface area contributed by atoms with Gasteiger partial charge in [0.1, 0.15) is 5.82 Å². The Balaban J connectivity index is 2.68. The molecule has 6 heteroatoms. The van der Waals surface area contributed by atoms with Crippen LogP contribution in [0.1, 0.15) is 25.8 Å². The SMILES string of the molecule is Cc1cc(S(=O)(=O)NCCC(O)C(C)C)ccc1F. The molecule has 0 aliphatic heterocycles. The Bertz CT molecular complexity index is 529. The van der Waals surface area contributed by atoms with Crippen molar-refractivity contribution in [1.82, 2.24) is 4.72 Å². The van der Waals surface area contributed by atoms with Gasteiger partial charge in [-0.25, -0.2) is 17.5 Å². The summed E-state index contributed by atoms with van der Waals surface area (Å²) in [5.41, 5.74) is 0.282. The van der Waals surface area contributed by atoms with Crippen LogP contribution in [0.15, 0.2) is 23.1 Å². The molecule has 0 saturated carbocycles. The lowest BCUT2D eigenvalue weighted by atomic mass is 10.1. The van der Waals surface area contributed by atoms with E-state index in [-0.39, 0.29) is 22.9 Å². The molecular weight excluding hydrogens is 269 g/mol. The number of aryl methyl sites for hydroxylation is 1. The molecule has 0 saturated heterocycles. The van der Waals surface area contributed by atoms with Crippen molar-refractivity contribution in [3.63, 3.8) is 0 Å². The summed E-state index contributed by atoms with van der Waals surface area (Å²) in [4.78, 5) is 0.0328. The van der Waals surface area contributed by atoms with Gasteiger partial charge in [0.15, 0.2) is 0 Å². The summed E-state index contributed by atoms with van der Waals surface area (Å²) in [6.07, 6.45) is -0.200. The Morgan fingerprint density at radius 1 is 1.37 bits per heavy atom. The Morgan fingerprint density at radius 3 is 2.53 bits per heavy atom. The molecule has 0 aromatic heterocycles. The average molecular weight is 289 g/mol. The first-order valence-corrected chi connectivity index (χ1v) is 7.66. The van der Waals surface area contributed by atoms with E-state index in [4.69, 9.17) is 0 Å². The molecule has 2 N–H and O–H groups in total. The molecule has 0 bridgehead atoms. The molecule has 0 amide bonds. The molecule has 0 heterocycles. The van der Waals surface area contributed by atoms with Crippen molar-refractivity contribution >= 4 is 10.0 Å². The zero-order valence-corrected chi connectivity index (χ0v) is 12.2. The van der Waals surface area contributed by atoms with Crippen LogP contribution < -0.4 is 4.72 Å². The van der Waals surface area contributed by atoms with E-state index in [1.165, 1.54) is 19.1 Å². The van der Waals surface area contributed by atoms with Gasteiger partial charge in [-0.3, -0.25) is 0 Å². The fraction of sp³-hybridized carbons (Fsp3) is 0.538. The van der Waals surface area contributed by atoms with E-state index in [1.807, 2.05) is 13.8 Å². The number of halogens is 1. The number of aliphatic hydroxyl groups is 1. The van der Waals surface area contributed by atoms with Crippen LogP contribution >= 0.6 is 0 Å². The van der Waals surface area contributed by atoms with Crippen molar-refractivity contribution in [3.05, 3.63) is 29.6 Å². The van der Waals surface area contributed by atoms with Gasteiger partial charge in [0, 0.05) is 6.54 Å². The zero-order chi connectivity index (χ0) is 14.6. The van der Waals surface area contributed by atoms with Gasteiger partial charge in [-0.05, 0) is 43.0 Å². The van der Waals surface area contributed by atoms with Gasteiger partial charge >= 0.3 is 0 Å². The third-order valence-corrected chi connectivity index (χ3v) is 4.40. The standard InChI is InChI=1S/C13H20FNO3S/c1-9(2)13(16)6-7-15-19(17,18)11-4-5-12(14)10(3)8-11/h4-5,8-9,13,15-16H,6-7H2,1-3H3. The molecule has 1 aromatic rings. The molecule has 0 fully saturated rings. The second-order valence-corrected chi connectivity index (χ2v) is 6.68. The third kappa shape index (κ3) is 4.56. The van der Waals surface area contributed by atoms with Gasteiger partial charge in [0.2, 0.25) is 10.0 Å². The van der Waals surface area contributed by atoms with Crippen molar-refractivity contribution in [2.24, 2.45) is 5.92 Å². The van der Waals surface area contributed by atoms with E-state index in [2.05, 4.69) is 4.72 Å². The maximum atomic E-state index is 13.1. The van der Waals surface area contributed by atoms with Gasteiger partial charge < -0.3 is 5.11 Å². The number of rotatable bonds is 6. The number of sulfonamides is 1. The molecule has 0 aliphatic carbocycles. The second-order valence-electron chi connectivity index (χ2n) is 4.91. The Labute approximate surface area is 113 Å². The fourth-order valence-corrected chi connectivity index (χ4v) is 2.67. The van der Waals surface area contributed by atoms with Crippen LogP contribution in [0.2, 0.25) is 0 Å².